The Bertz CT molecular complexity index is 1030. The van der Waals surface area contributed by atoms with Crippen LogP contribution < -0.4 is 9.75 Å². The van der Waals surface area contributed by atoms with E-state index in [0.717, 1.165) is 41.0 Å². The first kappa shape index (κ1) is 40.6. The summed E-state index contributed by atoms with van der Waals surface area (Å²) in [7, 11) is 0. The number of aliphatic hydroxyl groups is 1. The Kier molecular flexibility index (Phi) is 26.8. The second-order valence-electron chi connectivity index (χ2n) is 10.7. The van der Waals surface area contributed by atoms with E-state index in [-0.39, 0.29) is 11.7 Å². The normalized spacial score (nSPS) is 13.3. The van der Waals surface area contributed by atoms with E-state index in [4.69, 9.17) is 5.11 Å². The van der Waals surface area contributed by atoms with Gasteiger partial charge >= 0.3 is 0 Å². The Labute approximate surface area is 259 Å². The Morgan fingerprint density at radius 3 is 1.98 bits per heavy atom. The molecule has 0 radical (unpaired) electrons. The predicted octanol–water partition coefficient (Wildman–Crippen LogP) is 10.8. The van der Waals surface area contributed by atoms with Crippen LogP contribution in [0.2, 0.25) is 0 Å². The molecule has 2 aromatic rings. The quantitative estimate of drug-likeness (QED) is 0.307. The second kappa shape index (κ2) is 26.4. The summed E-state index contributed by atoms with van der Waals surface area (Å²) in [5.74, 6) is 1.17. The summed E-state index contributed by atoms with van der Waals surface area (Å²) in [5.41, 5.74) is 3.01. The van der Waals surface area contributed by atoms with E-state index in [1.807, 2.05) is 58.0 Å². The molecular weight excluding hydrogens is 576 g/mol. The van der Waals surface area contributed by atoms with Crippen molar-refractivity contribution < 1.29 is 9.90 Å². The molecule has 4 heteroatoms. The number of carbonyl (C=O) groups is 1. The molecule has 40 heavy (non-hydrogen) atoms. The third kappa shape index (κ3) is 20.4. The van der Waals surface area contributed by atoms with Crippen molar-refractivity contribution in [3.8, 4) is 0 Å². The summed E-state index contributed by atoms with van der Waals surface area (Å²) in [5, 5.41) is 9.32. The molecule has 0 unspecified atom stereocenters. The van der Waals surface area contributed by atoms with Crippen molar-refractivity contribution in [3.05, 3.63) is 66.6 Å². The van der Waals surface area contributed by atoms with Crippen molar-refractivity contribution in [1.29, 1.82) is 0 Å². The number of aliphatic hydroxyl groups excluding tert-OH is 1. The number of thiophene rings is 1. The maximum Gasteiger partial charge on any atom is 0.175 e. The van der Waals surface area contributed by atoms with Crippen LogP contribution in [0.15, 0.2) is 52.0 Å². The van der Waals surface area contributed by atoms with E-state index in [2.05, 4.69) is 75.7 Å². The average Bonchev–Trinajstić information content (AvgIpc) is 3.33. The third-order valence-corrected chi connectivity index (χ3v) is 7.24. The van der Waals surface area contributed by atoms with E-state index in [1.165, 1.54) is 46.6 Å². The largest absolute Gasteiger partial charge is 0.396 e. The Morgan fingerprint density at radius 2 is 1.57 bits per heavy atom. The highest BCUT2D eigenvalue weighted by molar-refractivity contribution is 9.10. The van der Waals surface area contributed by atoms with Gasteiger partial charge in [-0.1, -0.05) is 127 Å². The maximum absolute atomic E-state index is 12.3. The van der Waals surface area contributed by atoms with Crippen LogP contribution >= 0.6 is 27.3 Å². The number of hydrogen-bond acceptors (Lipinski definition) is 3. The number of carbonyl (C=O) groups excluding carboxylic acids is 1. The molecule has 0 spiro atoms. The zero-order chi connectivity index (χ0) is 30.9. The van der Waals surface area contributed by atoms with Crippen molar-refractivity contribution in [2.45, 2.75) is 121 Å². The van der Waals surface area contributed by atoms with E-state index in [0.29, 0.717) is 6.61 Å². The Hall–Kier alpha value is -1.49. The SMILES string of the molecule is Brc1ccccc1.CC.CC(C)C.CCC/C=c1\sc(C(=O)C(C)C)c\c1=C\C1=C(C)CCCC1.CCCCO. The van der Waals surface area contributed by atoms with Crippen LogP contribution in [-0.4, -0.2) is 17.5 Å². The highest BCUT2D eigenvalue weighted by Gasteiger charge is 2.13. The van der Waals surface area contributed by atoms with E-state index in [9.17, 15) is 4.79 Å². The first-order valence-corrected chi connectivity index (χ1v) is 17.0. The smallest absolute Gasteiger partial charge is 0.175 e. The summed E-state index contributed by atoms with van der Waals surface area (Å²) in [6.45, 7) is 21.3. The lowest BCUT2D eigenvalue weighted by Gasteiger charge is -2.14. The number of rotatable bonds is 7. The van der Waals surface area contributed by atoms with Crippen molar-refractivity contribution in [1.82, 2.24) is 0 Å². The monoisotopic (exact) mass is 634 g/mol. The Morgan fingerprint density at radius 1 is 1.00 bits per heavy atom. The lowest BCUT2D eigenvalue weighted by Crippen LogP contribution is -2.18. The van der Waals surface area contributed by atoms with Gasteiger partial charge in [0.05, 0.1) is 4.88 Å². The van der Waals surface area contributed by atoms with Gasteiger partial charge in [-0.05, 0) is 80.4 Å². The highest BCUT2D eigenvalue weighted by atomic mass is 79.9. The molecule has 1 aromatic carbocycles. The van der Waals surface area contributed by atoms with Crippen LogP contribution in [-0.2, 0) is 0 Å². The summed E-state index contributed by atoms with van der Waals surface area (Å²) >= 11 is 4.98. The molecule has 0 saturated heterocycles. The molecule has 1 aromatic heterocycles. The number of benzene rings is 1. The minimum atomic E-state index is 0.0705. The zero-order valence-corrected chi connectivity index (χ0v) is 29.7. The molecular formula is C36H59BrO2S. The fourth-order valence-corrected chi connectivity index (χ4v) is 4.91. The van der Waals surface area contributed by atoms with Crippen molar-refractivity contribution in [2.75, 3.05) is 6.61 Å². The van der Waals surface area contributed by atoms with Crippen LogP contribution in [0.25, 0.3) is 12.2 Å². The number of allylic oxidation sites excluding steroid dienone is 2. The van der Waals surface area contributed by atoms with Crippen LogP contribution in [0, 0.1) is 11.8 Å². The molecule has 0 saturated carbocycles. The van der Waals surface area contributed by atoms with Crippen molar-refractivity contribution >= 4 is 45.2 Å². The second-order valence-corrected chi connectivity index (χ2v) is 12.7. The molecule has 1 N–H and O–H groups in total. The number of hydrogen-bond donors (Lipinski definition) is 1. The zero-order valence-electron chi connectivity index (χ0n) is 27.3. The van der Waals surface area contributed by atoms with Gasteiger partial charge in [0.1, 0.15) is 0 Å². The molecule has 1 aliphatic carbocycles. The minimum absolute atomic E-state index is 0.0705. The van der Waals surface area contributed by atoms with Gasteiger partial charge in [-0.2, -0.15) is 0 Å². The molecule has 0 amide bonds. The van der Waals surface area contributed by atoms with E-state index in [1.54, 1.807) is 11.3 Å². The van der Waals surface area contributed by atoms with Gasteiger partial charge in [0.15, 0.2) is 5.78 Å². The van der Waals surface area contributed by atoms with Gasteiger partial charge < -0.3 is 5.11 Å². The predicted molar refractivity (Wildman–Crippen MR) is 186 cm³/mol. The van der Waals surface area contributed by atoms with Gasteiger partial charge in [-0.15, -0.1) is 11.3 Å². The minimum Gasteiger partial charge on any atom is -0.396 e. The summed E-state index contributed by atoms with van der Waals surface area (Å²) in [4.78, 5) is 13.2. The molecule has 1 aliphatic rings. The van der Waals surface area contributed by atoms with Gasteiger partial charge in [0.25, 0.3) is 0 Å². The summed E-state index contributed by atoms with van der Waals surface area (Å²) < 4.78 is 2.41. The van der Waals surface area contributed by atoms with E-state index >= 15 is 0 Å². The Balaban J connectivity index is 0. The topological polar surface area (TPSA) is 37.3 Å². The van der Waals surface area contributed by atoms with Crippen molar-refractivity contribution in [2.24, 2.45) is 11.8 Å². The highest BCUT2D eigenvalue weighted by Crippen LogP contribution is 2.25. The molecule has 0 atom stereocenters. The molecule has 0 aliphatic heterocycles. The molecule has 3 rings (SSSR count). The number of Topliss-reactive ketones (excluding diaryl/α,β-unsaturated/α-hetero) is 1. The van der Waals surface area contributed by atoms with Crippen LogP contribution in [0.4, 0.5) is 0 Å². The molecule has 0 bridgehead atoms. The first-order chi connectivity index (χ1) is 19.1. The third-order valence-electron chi connectivity index (χ3n) is 5.55. The van der Waals surface area contributed by atoms with Gasteiger partial charge in [-0.3, -0.25) is 4.79 Å². The fourth-order valence-electron chi connectivity index (χ4n) is 3.41. The number of unbranched alkanes of at least 4 members (excludes halogenated alkanes) is 2. The van der Waals surface area contributed by atoms with Gasteiger partial charge in [-0.25, -0.2) is 0 Å². The number of halogens is 1. The van der Waals surface area contributed by atoms with Crippen LogP contribution in [0.5, 0.6) is 0 Å². The fraction of sp³-hybridized carbons (Fsp3) is 0.583. The van der Waals surface area contributed by atoms with Gasteiger partial charge in [0, 0.05) is 21.5 Å². The lowest BCUT2D eigenvalue weighted by atomic mass is 9.92. The summed E-state index contributed by atoms with van der Waals surface area (Å²) in [6.07, 6.45) is 13.9. The standard InChI is InChI=1S/C20H28OS.C6H5Br.C4H10O.C4H10.C2H6/c1-5-6-11-18-17(12-16-10-8-7-9-15(16)4)13-19(22-18)20(21)14(2)3;7-6-4-2-1-3-5-6;1-2-3-4-5;1-4(2)3;1-2/h11-14H,5-10H2,1-4H3;1-5H;5H,2-4H2,1H3;4H,1-3H3;1-2H3/b17-12-,18-11-;;;;. The lowest BCUT2D eigenvalue weighted by molar-refractivity contribution is 0.0943. The summed E-state index contributed by atoms with van der Waals surface area (Å²) in [6, 6.07) is 12.1. The molecule has 0 fully saturated rings. The molecule has 228 valence electrons. The molecule has 1 heterocycles. The average molecular weight is 636 g/mol. The molecule has 2 nitrogen and oxygen atoms in total. The van der Waals surface area contributed by atoms with Crippen molar-refractivity contribution in [3.63, 3.8) is 0 Å². The first-order valence-electron chi connectivity index (χ1n) is 15.4. The maximum atomic E-state index is 12.3. The van der Waals surface area contributed by atoms with E-state index < -0.39 is 0 Å². The number of ketones is 1. The van der Waals surface area contributed by atoms with Gasteiger partial charge in [0.2, 0.25) is 0 Å². The van der Waals surface area contributed by atoms with Crippen LogP contribution in [0.3, 0.4) is 0 Å². The van der Waals surface area contributed by atoms with Crippen LogP contribution in [0.1, 0.15) is 130 Å².